The van der Waals surface area contributed by atoms with E-state index in [-0.39, 0.29) is 5.91 Å². The summed E-state index contributed by atoms with van der Waals surface area (Å²) in [5, 5.41) is 6.19. The van der Waals surface area contributed by atoms with Crippen LogP contribution in [-0.4, -0.2) is 10.9 Å². The van der Waals surface area contributed by atoms with Crippen LogP contribution in [0, 0.1) is 6.92 Å². The lowest BCUT2D eigenvalue weighted by atomic mass is 10.1. The summed E-state index contributed by atoms with van der Waals surface area (Å²) in [6.07, 6.45) is 3.28. The van der Waals surface area contributed by atoms with Crippen LogP contribution in [0.4, 0.5) is 11.4 Å². The Labute approximate surface area is 155 Å². The van der Waals surface area contributed by atoms with E-state index in [1.54, 1.807) is 18.5 Å². The van der Waals surface area contributed by atoms with Crippen molar-refractivity contribution in [3.63, 3.8) is 0 Å². The van der Waals surface area contributed by atoms with Crippen LogP contribution in [0.2, 0.25) is 0 Å². The maximum absolute atomic E-state index is 12.4. The Kier molecular flexibility index (Phi) is 5.46. The maximum atomic E-state index is 12.4. The summed E-state index contributed by atoms with van der Waals surface area (Å²) in [6.45, 7) is 2.77. The molecular weight excluding hydrogens is 378 g/mol. The minimum absolute atomic E-state index is 0.190. The lowest BCUT2D eigenvalue weighted by molar-refractivity contribution is 0.102. The summed E-state index contributed by atoms with van der Waals surface area (Å²) in [5.41, 5.74) is 4.50. The molecule has 0 atom stereocenters. The fourth-order valence-corrected chi connectivity index (χ4v) is 2.84. The molecular formula is C20H18BrN3O. The molecule has 0 aliphatic heterocycles. The fourth-order valence-electron chi connectivity index (χ4n) is 2.44. The van der Waals surface area contributed by atoms with Crippen molar-refractivity contribution in [3.8, 4) is 0 Å². The molecule has 1 heterocycles. The first kappa shape index (κ1) is 17.2. The number of nitrogens with zero attached hydrogens (tertiary/aromatic N) is 1. The van der Waals surface area contributed by atoms with Crippen molar-refractivity contribution in [1.29, 1.82) is 0 Å². The molecule has 2 N–H and O–H groups in total. The smallest absolute Gasteiger partial charge is 0.257 e. The number of halogens is 1. The molecule has 2 aromatic carbocycles. The van der Waals surface area contributed by atoms with Crippen molar-refractivity contribution >= 4 is 33.2 Å². The molecule has 1 amide bonds. The SMILES string of the molecule is Cc1ccccc1CNc1cncc(C(=O)Nc2cccc(Br)c2)c1. The highest BCUT2D eigenvalue weighted by molar-refractivity contribution is 9.10. The molecule has 0 unspecified atom stereocenters. The van der Waals surface area contributed by atoms with Crippen LogP contribution in [0.1, 0.15) is 21.5 Å². The number of hydrogen-bond acceptors (Lipinski definition) is 3. The number of carbonyl (C=O) groups is 1. The molecule has 0 spiro atoms. The minimum atomic E-state index is -0.190. The van der Waals surface area contributed by atoms with Gasteiger partial charge in [-0.3, -0.25) is 9.78 Å². The van der Waals surface area contributed by atoms with Crippen molar-refractivity contribution in [2.75, 3.05) is 10.6 Å². The molecule has 0 aliphatic rings. The van der Waals surface area contributed by atoms with Gasteiger partial charge in [-0.2, -0.15) is 0 Å². The molecule has 0 aliphatic carbocycles. The Morgan fingerprint density at radius 3 is 2.68 bits per heavy atom. The van der Waals surface area contributed by atoms with E-state index in [0.717, 1.165) is 15.8 Å². The van der Waals surface area contributed by atoms with Crippen molar-refractivity contribution in [2.45, 2.75) is 13.5 Å². The first-order valence-corrected chi connectivity index (χ1v) is 8.71. The number of aromatic nitrogens is 1. The quantitative estimate of drug-likeness (QED) is 0.637. The second-order valence-corrected chi connectivity index (χ2v) is 6.62. The van der Waals surface area contributed by atoms with Gasteiger partial charge >= 0.3 is 0 Å². The van der Waals surface area contributed by atoms with Crippen LogP contribution in [0.3, 0.4) is 0 Å². The monoisotopic (exact) mass is 395 g/mol. The molecule has 126 valence electrons. The first-order valence-electron chi connectivity index (χ1n) is 7.92. The Morgan fingerprint density at radius 1 is 1.04 bits per heavy atom. The van der Waals surface area contributed by atoms with Crippen molar-refractivity contribution in [1.82, 2.24) is 4.98 Å². The van der Waals surface area contributed by atoms with E-state index in [9.17, 15) is 4.79 Å². The largest absolute Gasteiger partial charge is 0.380 e. The van der Waals surface area contributed by atoms with Gasteiger partial charge in [0.05, 0.1) is 11.3 Å². The highest BCUT2D eigenvalue weighted by Gasteiger charge is 2.08. The molecule has 0 saturated heterocycles. The van der Waals surface area contributed by atoms with E-state index in [4.69, 9.17) is 0 Å². The summed E-state index contributed by atoms with van der Waals surface area (Å²) in [7, 11) is 0. The molecule has 5 heteroatoms. The van der Waals surface area contributed by atoms with Crippen LogP contribution in [-0.2, 0) is 6.54 Å². The second-order valence-electron chi connectivity index (χ2n) is 5.71. The molecule has 4 nitrogen and oxygen atoms in total. The number of pyridine rings is 1. The highest BCUT2D eigenvalue weighted by Crippen LogP contribution is 2.17. The van der Waals surface area contributed by atoms with E-state index >= 15 is 0 Å². The Hall–Kier alpha value is -2.66. The highest BCUT2D eigenvalue weighted by atomic mass is 79.9. The summed E-state index contributed by atoms with van der Waals surface area (Å²) < 4.78 is 0.914. The fraction of sp³-hybridized carbons (Fsp3) is 0.100. The van der Waals surface area contributed by atoms with Gasteiger partial charge in [0.1, 0.15) is 0 Å². The normalized spacial score (nSPS) is 10.3. The number of amides is 1. The summed E-state index contributed by atoms with van der Waals surface area (Å²) in [5.74, 6) is -0.190. The number of anilines is 2. The van der Waals surface area contributed by atoms with Gasteiger partial charge in [0.25, 0.3) is 5.91 Å². The third-order valence-corrected chi connectivity index (χ3v) is 4.32. The van der Waals surface area contributed by atoms with Crippen LogP contribution in [0.25, 0.3) is 0 Å². The molecule has 1 aromatic heterocycles. The van der Waals surface area contributed by atoms with Gasteiger partial charge in [-0.1, -0.05) is 46.3 Å². The van der Waals surface area contributed by atoms with E-state index < -0.39 is 0 Å². The zero-order valence-corrected chi connectivity index (χ0v) is 15.4. The van der Waals surface area contributed by atoms with Gasteiger partial charge in [0.2, 0.25) is 0 Å². The third kappa shape index (κ3) is 4.67. The van der Waals surface area contributed by atoms with Gasteiger partial charge in [-0.05, 0) is 42.3 Å². The average Bonchev–Trinajstić information content (AvgIpc) is 2.61. The molecule has 3 aromatic rings. The van der Waals surface area contributed by atoms with Crippen molar-refractivity contribution < 1.29 is 4.79 Å². The number of nitrogens with one attached hydrogen (secondary N) is 2. The number of rotatable bonds is 5. The van der Waals surface area contributed by atoms with Gasteiger partial charge in [-0.15, -0.1) is 0 Å². The Balaban J connectivity index is 1.68. The van der Waals surface area contributed by atoms with Gasteiger partial charge < -0.3 is 10.6 Å². The number of benzene rings is 2. The lowest BCUT2D eigenvalue weighted by Gasteiger charge is -2.10. The van der Waals surface area contributed by atoms with Crippen LogP contribution in [0.15, 0.2) is 71.5 Å². The van der Waals surface area contributed by atoms with Crippen LogP contribution in [0.5, 0.6) is 0 Å². The molecule has 0 bridgehead atoms. The molecule has 3 rings (SSSR count). The van der Waals surface area contributed by atoms with E-state index in [2.05, 4.69) is 50.6 Å². The zero-order valence-electron chi connectivity index (χ0n) is 13.8. The van der Waals surface area contributed by atoms with Gasteiger partial charge in [0.15, 0.2) is 0 Å². The first-order chi connectivity index (χ1) is 12.1. The molecule has 0 saturated carbocycles. The molecule has 0 fully saturated rings. The summed E-state index contributed by atoms with van der Waals surface area (Å²) in [4.78, 5) is 16.6. The van der Waals surface area contributed by atoms with Crippen LogP contribution >= 0.6 is 15.9 Å². The number of carbonyl (C=O) groups excluding carboxylic acids is 1. The van der Waals surface area contributed by atoms with Crippen LogP contribution < -0.4 is 10.6 Å². The number of aryl methyl sites for hydroxylation is 1. The molecule has 0 radical (unpaired) electrons. The standard InChI is InChI=1S/C20H18BrN3O/c1-14-5-2-3-6-15(14)12-23-19-9-16(11-22-13-19)20(25)24-18-8-4-7-17(21)10-18/h2-11,13,23H,12H2,1H3,(H,24,25). The molecule has 25 heavy (non-hydrogen) atoms. The third-order valence-electron chi connectivity index (χ3n) is 3.83. The van der Waals surface area contributed by atoms with Crippen molar-refractivity contribution in [3.05, 3.63) is 88.2 Å². The van der Waals surface area contributed by atoms with E-state index in [1.165, 1.54) is 11.1 Å². The van der Waals surface area contributed by atoms with Gasteiger partial charge in [0, 0.05) is 29.1 Å². The van der Waals surface area contributed by atoms with Crippen molar-refractivity contribution in [2.24, 2.45) is 0 Å². The second kappa shape index (κ2) is 7.94. The topological polar surface area (TPSA) is 54.0 Å². The predicted octanol–water partition coefficient (Wildman–Crippen LogP) is 5.02. The summed E-state index contributed by atoms with van der Waals surface area (Å²) >= 11 is 3.39. The number of hydrogen-bond donors (Lipinski definition) is 2. The van der Waals surface area contributed by atoms with E-state index in [1.807, 2.05) is 36.4 Å². The van der Waals surface area contributed by atoms with Gasteiger partial charge in [-0.25, -0.2) is 0 Å². The Morgan fingerprint density at radius 2 is 1.88 bits per heavy atom. The Bertz CT molecular complexity index is 895. The predicted molar refractivity (Wildman–Crippen MR) is 105 cm³/mol. The zero-order chi connectivity index (χ0) is 17.6. The minimum Gasteiger partial charge on any atom is -0.380 e. The average molecular weight is 396 g/mol. The lowest BCUT2D eigenvalue weighted by Crippen LogP contribution is -2.13. The van der Waals surface area contributed by atoms with E-state index in [0.29, 0.717) is 12.1 Å². The maximum Gasteiger partial charge on any atom is 0.257 e. The summed E-state index contributed by atoms with van der Waals surface area (Å²) in [6, 6.07) is 17.5.